The molecule has 0 saturated heterocycles. The lowest BCUT2D eigenvalue weighted by Crippen LogP contribution is -2.12. The van der Waals surface area contributed by atoms with Crippen molar-refractivity contribution in [2.75, 3.05) is 5.73 Å². The van der Waals surface area contributed by atoms with Crippen LogP contribution in [0.4, 0.5) is 5.69 Å². The second-order valence-electron chi connectivity index (χ2n) is 3.94. The van der Waals surface area contributed by atoms with Crippen molar-refractivity contribution in [1.29, 1.82) is 0 Å². The van der Waals surface area contributed by atoms with E-state index in [9.17, 15) is 8.42 Å². The van der Waals surface area contributed by atoms with Gasteiger partial charge in [-0.25, -0.2) is 18.1 Å². The fraction of sp³-hybridized carbons (Fsp3) is 0.273. The summed E-state index contributed by atoms with van der Waals surface area (Å²) in [6.45, 7) is 2.42. The quantitative estimate of drug-likeness (QED) is 0.864. The summed E-state index contributed by atoms with van der Waals surface area (Å²) < 4.78 is 26.1. The number of benzene rings is 1. The molecule has 0 amide bonds. The third-order valence-electron chi connectivity index (χ3n) is 2.61. The summed E-state index contributed by atoms with van der Waals surface area (Å²) in [4.78, 5) is 4.00. The highest BCUT2D eigenvalue weighted by atomic mass is 35.5. The lowest BCUT2D eigenvalue weighted by Gasteiger charge is -2.07. The van der Waals surface area contributed by atoms with E-state index in [1.165, 1.54) is 29.2 Å². The van der Waals surface area contributed by atoms with Gasteiger partial charge in [-0.2, -0.15) is 5.10 Å². The minimum atomic E-state index is -3.57. The van der Waals surface area contributed by atoms with Crippen LogP contribution in [-0.2, 0) is 22.1 Å². The molecule has 19 heavy (non-hydrogen) atoms. The van der Waals surface area contributed by atoms with Crippen LogP contribution in [-0.4, -0.2) is 23.2 Å². The first kappa shape index (κ1) is 13.8. The number of hydrogen-bond donors (Lipinski definition) is 1. The van der Waals surface area contributed by atoms with E-state index < -0.39 is 9.84 Å². The molecule has 2 N–H and O–H groups in total. The second kappa shape index (κ2) is 5.18. The van der Waals surface area contributed by atoms with Gasteiger partial charge in [0.25, 0.3) is 0 Å². The molecular formula is C11H13ClN4O2S. The van der Waals surface area contributed by atoms with Gasteiger partial charge in [-0.3, -0.25) is 0 Å². The summed E-state index contributed by atoms with van der Waals surface area (Å²) in [6.07, 6.45) is 1.33. The molecular weight excluding hydrogens is 288 g/mol. The molecule has 0 radical (unpaired) electrons. The monoisotopic (exact) mass is 300 g/mol. The third kappa shape index (κ3) is 2.87. The Morgan fingerprint density at radius 2 is 2.16 bits per heavy atom. The van der Waals surface area contributed by atoms with Crippen molar-refractivity contribution < 1.29 is 8.42 Å². The van der Waals surface area contributed by atoms with Crippen molar-refractivity contribution >= 4 is 27.1 Å². The number of nitrogens with two attached hydrogens (primary N) is 1. The lowest BCUT2D eigenvalue weighted by molar-refractivity contribution is 0.584. The number of halogens is 1. The van der Waals surface area contributed by atoms with E-state index in [-0.39, 0.29) is 15.7 Å². The molecule has 8 heteroatoms. The summed E-state index contributed by atoms with van der Waals surface area (Å²) in [6, 6.07) is 4.32. The molecule has 0 saturated carbocycles. The molecule has 1 aromatic carbocycles. The molecule has 1 heterocycles. The van der Waals surface area contributed by atoms with E-state index in [0.29, 0.717) is 18.1 Å². The van der Waals surface area contributed by atoms with Crippen LogP contribution < -0.4 is 5.73 Å². The molecule has 0 aliphatic rings. The van der Waals surface area contributed by atoms with Crippen molar-refractivity contribution in [3.63, 3.8) is 0 Å². The van der Waals surface area contributed by atoms with Crippen molar-refractivity contribution in [2.45, 2.75) is 24.1 Å². The highest BCUT2D eigenvalue weighted by Gasteiger charge is 2.21. The predicted molar refractivity (Wildman–Crippen MR) is 72.5 cm³/mol. The Balaban J connectivity index is 2.38. The molecule has 2 rings (SSSR count). The maximum absolute atomic E-state index is 12.3. The number of sulfone groups is 1. The van der Waals surface area contributed by atoms with Crippen LogP contribution >= 0.6 is 11.6 Å². The van der Waals surface area contributed by atoms with Crippen LogP contribution in [0.2, 0.25) is 5.02 Å². The van der Waals surface area contributed by atoms with E-state index >= 15 is 0 Å². The van der Waals surface area contributed by atoms with Crippen LogP contribution in [0, 0.1) is 0 Å². The SMILES string of the molecule is CCn1ncnc1CS(=O)(=O)c1ccc(N)cc1Cl. The molecule has 0 bridgehead atoms. The Kier molecular flexibility index (Phi) is 3.77. The molecule has 0 spiro atoms. The Bertz CT molecular complexity index is 696. The Hall–Kier alpha value is -1.60. The molecule has 0 aliphatic heterocycles. The van der Waals surface area contributed by atoms with Gasteiger partial charge in [-0.1, -0.05) is 11.6 Å². The molecule has 0 atom stereocenters. The van der Waals surface area contributed by atoms with Gasteiger partial charge < -0.3 is 5.73 Å². The first-order chi connectivity index (χ1) is 8.94. The molecule has 1 aromatic heterocycles. The average molecular weight is 301 g/mol. The van der Waals surface area contributed by atoms with E-state index in [2.05, 4.69) is 10.1 Å². The number of rotatable bonds is 4. The first-order valence-corrected chi connectivity index (χ1v) is 7.61. The third-order valence-corrected chi connectivity index (χ3v) is 4.69. The van der Waals surface area contributed by atoms with Crippen LogP contribution in [0.25, 0.3) is 0 Å². The van der Waals surface area contributed by atoms with E-state index in [1.54, 1.807) is 0 Å². The van der Waals surface area contributed by atoms with Crippen molar-refractivity contribution in [3.05, 3.63) is 35.4 Å². The maximum atomic E-state index is 12.3. The van der Waals surface area contributed by atoms with Crippen LogP contribution in [0.15, 0.2) is 29.4 Å². The smallest absolute Gasteiger partial charge is 0.187 e. The first-order valence-electron chi connectivity index (χ1n) is 5.58. The van der Waals surface area contributed by atoms with Crippen LogP contribution in [0.5, 0.6) is 0 Å². The number of aryl methyl sites for hydroxylation is 1. The van der Waals surface area contributed by atoms with E-state index in [0.717, 1.165) is 0 Å². The van der Waals surface area contributed by atoms with E-state index in [4.69, 9.17) is 17.3 Å². The molecule has 2 aromatic rings. The molecule has 6 nitrogen and oxygen atoms in total. The molecule has 0 fully saturated rings. The Morgan fingerprint density at radius 1 is 1.42 bits per heavy atom. The Morgan fingerprint density at radius 3 is 2.79 bits per heavy atom. The zero-order valence-corrected chi connectivity index (χ0v) is 11.8. The number of nitrogen functional groups attached to an aromatic ring is 1. The van der Waals surface area contributed by atoms with Crippen LogP contribution in [0.1, 0.15) is 12.7 Å². The zero-order chi connectivity index (χ0) is 14.0. The molecule has 0 aliphatic carbocycles. The molecule has 102 valence electrons. The van der Waals surface area contributed by atoms with Crippen molar-refractivity contribution in [2.24, 2.45) is 0 Å². The van der Waals surface area contributed by atoms with E-state index in [1.807, 2.05) is 6.92 Å². The van der Waals surface area contributed by atoms with Gasteiger partial charge in [0, 0.05) is 12.2 Å². The van der Waals surface area contributed by atoms with Crippen molar-refractivity contribution in [1.82, 2.24) is 14.8 Å². The number of hydrogen-bond acceptors (Lipinski definition) is 5. The topological polar surface area (TPSA) is 90.9 Å². The van der Waals surface area contributed by atoms with Gasteiger partial charge in [-0.15, -0.1) is 0 Å². The molecule has 0 unspecified atom stereocenters. The van der Waals surface area contributed by atoms with Gasteiger partial charge in [-0.05, 0) is 25.1 Å². The Labute approximate surface area is 116 Å². The van der Waals surface area contributed by atoms with Crippen LogP contribution in [0.3, 0.4) is 0 Å². The van der Waals surface area contributed by atoms with Gasteiger partial charge in [0.1, 0.15) is 17.9 Å². The predicted octanol–water partition coefficient (Wildman–Crippen LogP) is 1.51. The number of anilines is 1. The number of aromatic nitrogens is 3. The summed E-state index contributed by atoms with van der Waals surface area (Å²) in [7, 11) is -3.57. The highest BCUT2D eigenvalue weighted by molar-refractivity contribution is 7.90. The second-order valence-corrected chi connectivity index (χ2v) is 6.31. The van der Waals surface area contributed by atoms with Crippen molar-refractivity contribution in [3.8, 4) is 0 Å². The normalized spacial score (nSPS) is 11.7. The van der Waals surface area contributed by atoms with Gasteiger partial charge >= 0.3 is 0 Å². The minimum Gasteiger partial charge on any atom is -0.399 e. The van der Waals surface area contributed by atoms with Gasteiger partial charge in [0.2, 0.25) is 0 Å². The maximum Gasteiger partial charge on any atom is 0.187 e. The van der Waals surface area contributed by atoms with Gasteiger partial charge in [0.15, 0.2) is 9.84 Å². The van der Waals surface area contributed by atoms with Gasteiger partial charge in [0.05, 0.1) is 9.92 Å². The minimum absolute atomic E-state index is 0.0500. The summed E-state index contributed by atoms with van der Waals surface area (Å²) >= 11 is 5.93. The summed E-state index contributed by atoms with van der Waals surface area (Å²) in [5, 5.41) is 4.05. The largest absolute Gasteiger partial charge is 0.399 e. The standard InChI is InChI=1S/C11H13ClN4O2S/c1-2-16-11(14-7-15-16)6-19(17,18)10-4-3-8(13)5-9(10)12/h3-5,7H,2,6,13H2,1H3. The summed E-state index contributed by atoms with van der Waals surface area (Å²) in [5.74, 6) is 0.139. The summed E-state index contributed by atoms with van der Waals surface area (Å²) in [5.41, 5.74) is 5.96. The fourth-order valence-corrected chi connectivity index (χ4v) is 3.57. The highest BCUT2D eigenvalue weighted by Crippen LogP contribution is 2.26. The fourth-order valence-electron chi connectivity index (χ4n) is 1.68. The number of nitrogens with zero attached hydrogens (tertiary/aromatic N) is 3. The average Bonchev–Trinajstić information content (AvgIpc) is 2.74. The zero-order valence-electron chi connectivity index (χ0n) is 10.2. The lowest BCUT2D eigenvalue weighted by atomic mass is 10.3.